The van der Waals surface area contributed by atoms with Gasteiger partial charge in [0.25, 0.3) is 0 Å². The molecule has 63 heavy (non-hydrogen) atoms. The SMILES string of the molecule is C=C(N=C(N=C(C)c1ccc(-c2ccccc2)cc1)c1ccc2c(c1)C(C)(C)c1cc3c(cc1-2)C(C)(C)c1ccc2cc4ccccc4cc2c1-3)c1ccc(-c2ccccc2)cc1. The number of fused-ring (bicyclic) bond motifs is 9. The summed E-state index contributed by atoms with van der Waals surface area (Å²) in [5, 5.41) is 5.16. The number of rotatable bonds is 6. The topological polar surface area (TPSA) is 24.7 Å². The molecule has 11 rings (SSSR count). The van der Waals surface area contributed by atoms with Crippen molar-refractivity contribution in [1.29, 1.82) is 0 Å². The van der Waals surface area contributed by atoms with Gasteiger partial charge in [-0.1, -0.05) is 192 Å². The van der Waals surface area contributed by atoms with Gasteiger partial charge in [0.15, 0.2) is 5.84 Å². The fourth-order valence-electron chi connectivity index (χ4n) is 10.2. The number of amidine groups is 1. The van der Waals surface area contributed by atoms with Crippen molar-refractivity contribution in [3.63, 3.8) is 0 Å². The molecule has 2 aliphatic carbocycles. The molecule has 0 fully saturated rings. The molecule has 0 spiro atoms. The van der Waals surface area contributed by atoms with E-state index < -0.39 is 0 Å². The molecule has 2 heteroatoms. The Labute approximate surface area is 370 Å². The highest BCUT2D eigenvalue weighted by Gasteiger charge is 2.42. The first kappa shape index (κ1) is 38.5. The molecule has 0 N–H and O–H groups in total. The summed E-state index contributed by atoms with van der Waals surface area (Å²) >= 11 is 0. The molecule has 0 saturated heterocycles. The maximum atomic E-state index is 5.32. The van der Waals surface area contributed by atoms with E-state index in [1.165, 1.54) is 82.7 Å². The number of aliphatic imine (C=N–C) groups is 2. The molecule has 9 aromatic rings. The summed E-state index contributed by atoms with van der Waals surface area (Å²) in [5.74, 6) is 0.641. The normalized spacial score (nSPS) is 14.6. The molecule has 0 radical (unpaired) electrons. The Morgan fingerprint density at radius 3 is 1.56 bits per heavy atom. The third-order valence-corrected chi connectivity index (χ3v) is 13.8. The van der Waals surface area contributed by atoms with Gasteiger partial charge in [0.1, 0.15) is 0 Å². The van der Waals surface area contributed by atoms with Crippen molar-refractivity contribution in [3.8, 4) is 44.5 Å². The van der Waals surface area contributed by atoms with Gasteiger partial charge in [-0.2, -0.15) is 0 Å². The van der Waals surface area contributed by atoms with Crippen LogP contribution in [0.4, 0.5) is 0 Å². The zero-order valence-corrected chi connectivity index (χ0v) is 36.5. The van der Waals surface area contributed by atoms with Gasteiger partial charge in [-0.25, -0.2) is 9.98 Å². The summed E-state index contributed by atoms with van der Waals surface area (Å²) in [5.41, 5.74) is 19.6. The number of hydrogen-bond donors (Lipinski definition) is 0. The zero-order valence-electron chi connectivity index (χ0n) is 36.5. The Bertz CT molecular complexity index is 3360. The molecule has 0 bridgehead atoms. The summed E-state index contributed by atoms with van der Waals surface area (Å²) in [6.07, 6.45) is 0. The third kappa shape index (κ3) is 6.40. The van der Waals surface area contributed by atoms with E-state index in [9.17, 15) is 0 Å². The predicted molar refractivity (Wildman–Crippen MR) is 268 cm³/mol. The van der Waals surface area contributed by atoms with Crippen molar-refractivity contribution >= 4 is 38.8 Å². The van der Waals surface area contributed by atoms with Crippen LogP contribution < -0.4 is 0 Å². The number of nitrogens with zero attached hydrogens (tertiary/aromatic N) is 2. The van der Waals surface area contributed by atoms with Gasteiger partial charge in [0, 0.05) is 22.1 Å². The molecule has 302 valence electrons. The fourth-order valence-corrected chi connectivity index (χ4v) is 10.2. The Morgan fingerprint density at radius 2 is 0.905 bits per heavy atom. The van der Waals surface area contributed by atoms with E-state index in [0.29, 0.717) is 11.5 Å². The van der Waals surface area contributed by atoms with E-state index in [0.717, 1.165) is 28.0 Å². The molecule has 0 atom stereocenters. The van der Waals surface area contributed by atoms with Gasteiger partial charge >= 0.3 is 0 Å². The summed E-state index contributed by atoms with van der Waals surface area (Å²) < 4.78 is 0. The summed E-state index contributed by atoms with van der Waals surface area (Å²) in [4.78, 5) is 10.6. The maximum absolute atomic E-state index is 5.32. The molecule has 0 heterocycles. The van der Waals surface area contributed by atoms with Crippen molar-refractivity contribution in [2.75, 3.05) is 0 Å². The van der Waals surface area contributed by atoms with Gasteiger partial charge in [-0.05, 0) is 137 Å². The maximum Gasteiger partial charge on any atom is 0.160 e. The molecule has 0 unspecified atom stereocenters. The van der Waals surface area contributed by atoms with Gasteiger partial charge in [-0.3, -0.25) is 0 Å². The van der Waals surface area contributed by atoms with Crippen molar-refractivity contribution in [3.05, 3.63) is 234 Å². The second-order valence-electron chi connectivity index (χ2n) is 18.3. The van der Waals surface area contributed by atoms with E-state index in [1.54, 1.807) is 0 Å². The molecule has 0 aliphatic heterocycles. The van der Waals surface area contributed by atoms with E-state index in [-0.39, 0.29) is 10.8 Å². The average Bonchev–Trinajstić information content (AvgIpc) is 3.69. The van der Waals surface area contributed by atoms with Crippen molar-refractivity contribution < 1.29 is 0 Å². The average molecular weight is 809 g/mol. The lowest BCUT2D eigenvalue weighted by Crippen LogP contribution is -2.17. The second kappa shape index (κ2) is 14.6. The van der Waals surface area contributed by atoms with Crippen molar-refractivity contribution in [2.24, 2.45) is 9.98 Å². The number of benzene rings is 9. The quantitative estimate of drug-likeness (QED) is 0.0908. The van der Waals surface area contributed by atoms with Crippen LogP contribution in [0.3, 0.4) is 0 Å². The molecular formula is C61H48N2. The molecule has 0 saturated carbocycles. The van der Waals surface area contributed by atoms with Crippen LogP contribution in [0.1, 0.15) is 73.6 Å². The first-order valence-electron chi connectivity index (χ1n) is 22.0. The molecule has 0 amide bonds. The molecule has 9 aromatic carbocycles. The smallest absolute Gasteiger partial charge is 0.160 e. The summed E-state index contributed by atoms with van der Waals surface area (Å²) in [6.45, 7) is 16.1. The lowest BCUT2D eigenvalue weighted by Gasteiger charge is -2.24. The lowest BCUT2D eigenvalue weighted by molar-refractivity contribution is 0.652. The largest absolute Gasteiger partial charge is 0.233 e. The predicted octanol–water partition coefficient (Wildman–Crippen LogP) is 15.9. The van der Waals surface area contributed by atoms with Crippen LogP contribution in [0.25, 0.3) is 71.7 Å². The van der Waals surface area contributed by atoms with Crippen LogP contribution in [0, 0.1) is 0 Å². The van der Waals surface area contributed by atoms with E-state index >= 15 is 0 Å². The lowest BCUT2D eigenvalue weighted by atomic mass is 9.79. The second-order valence-corrected chi connectivity index (χ2v) is 18.3. The minimum Gasteiger partial charge on any atom is -0.233 e. The van der Waals surface area contributed by atoms with Gasteiger partial charge in [0.2, 0.25) is 0 Å². The van der Waals surface area contributed by atoms with E-state index in [2.05, 4.69) is 223 Å². The first-order valence-corrected chi connectivity index (χ1v) is 22.0. The van der Waals surface area contributed by atoms with Crippen LogP contribution in [-0.4, -0.2) is 11.5 Å². The minimum absolute atomic E-state index is 0.141. The highest BCUT2D eigenvalue weighted by molar-refractivity contribution is 6.13. The van der Waals surface area contributed by atoms with Gasteiger partial charge in [-0.15, -0.1) is 0 Å². The minimum atomic E-state index is -0.263. The molecule has 2 aliphatic rings. The Kier molecular flexibility index (Phi) is 8.92. The van der Waals surface area contributed by atoms with E-state index in [1.807, 2.05) is 6.07 Å². The summed E-state index contributed by atoms with van der Waals surface area (Å²) in [6, 6.07) is 68.1. The first-order chi connectivity index (χ1) is 30.5. The zero-order chi connectivity index (χ0) is 43.0. The van der Waals surface area contributed by atoms with Crippen LogP contribution in [0.5, 0.6) is 0 Å². The van der Waals surface area contributed by atoms with E-state index in [4.69, 9.17) is 9.98 Å². The highest BCUT2D eigenvalue weighted by Crippen LogP contribution is 2.57. The van der Waals surface area contributed by atoms with Gasteiger partial charge in [0.05, 0.1) is 5.70 Å². The molecular weight excluding hydrogens is 761 g/mol. The van der Waals surface area contributed by atoms with Crippen LogP contribution >= 0.6 is 0 Å². The van der Waals surface area contributed by atoms with Crippen molar-refractivity contribution in [2.45, 2.75) is 45.4 Å². The standard InChI is InChI=1S/C61H48N2/c1-38(40-21-25-44(26-22-40)42-15-9-7-10-16-42)62-59(63-39(2)41-23-27-45(28-24-41)43-17-11-8-12-18-43)49-29-31-50-52-36-57-53(37-56(52)61(5,6)55(50)35-49)58-51-34-47-20-14-13-19-46(47)33-48(51)30-32-54(58)60(57,3)4/h7-37H,1H2,2-6H3. The highest BCUT2D eigenvalue weighted by atomic mass is 14.9. The fraction of sp³-hybridized carbons (Fsp3) is 0.115. The summed E-state index contributed by atoms with van der Waals surface area (Å²) in [7, 11) is 0. The van der Waals surface area contributed by atoms with Gasteiger partial charge < -0.3 is 0 Å². The van der Waals surface area contributed by atoms with Crippen molar-refractivity contribution in [1.82, 2.24) is 0 Å². The Hall–Kier alpha value is -7.42. The van der Waals surface area contributed by atoms with Crippen LogP contribution in [0.15, 0.2) is 205 Å². The Morgan fingerprint density at radius 1 is 0.397 bits per heavy atom. The molecule has 2 nitrogen and oxygen atoms in total. The Balaban J connectivity index is 1.01. The van der Waals surface area contributed by atoms with Crippen LogP contribution in [0.2, 0.25) is 0 Å². The monoisotopic (exact) mass is 808 g/mol. The number of hydrogen-bond acceptors (Lipinski definition) is 1. The molecule has 0 aromatic heterocycles. The third-order valence-electron chi connectivity index (χ3n) is 13.8. The van der Waals surface area contributed by atoms with Crippen LogP contribution in [-0.2, 0) is 10.8 Å².